The summed E-state index contributed by atoms with van der Waals surface area (Å²) in [6.45, 7) is 1.76. The van der Waals surface area contributed by atoms with Crippen molar-refractivity contribution in [3.63, 3.8) is 0 Å². The summed E-state index contributed by atoms with van der Waals surface area (Å²) in [6.07, 6.45) is 0.848. The Kier molecular flexibility index (Phi) is 4.56. The zero-order valence-electron chi connectivity index (χ0n) is 6.07. The summed E-state index contributed by atoms with van der Waals surface area (Å²) in [5.74, 6) is -0.785. The molecule has 66 valence electrons. The standard InChI is InChI=1S/C6H9F3OS/c1-2-3-5(10)4-11-6(7,8)9/h2-4H2,1H3. The number of carbonyl (C=O) groups excluding carboxylic acids is 1. The largest absolute Gasteiger partial charge is 0.442 e. The van der Waals surface area contributed by atoms with Gasteiger partial charge in [-0.3, -0.25) is 4.79 Å². The van der Waals surface area contributed by atoms with Crippen molar-refractivity contribution in [3.8, 4) is 0 Å². The van der Waals surface area contributed by atoms with Crippen molar-refractivity contribution in [1.29, 1.82) is 0 Å². The van der Waals surface area contributed by atoms with Crippen molar-refractivity contribution in [3.05, 3.63) is 0 Å². The quantitative estimate of drug-likeness (QED) is 0.671. The molecule has 0 aromatic carbocycles. The number of rotatable bonds is 4. The van der Waals surface area contributed by atoms with Crippen molar-refractivity contribution in [1.82, 2.24) is 0 Å². The van der Waals surface area contributed by atoms with Gasteiger partial charge in [-0.15, -0.1) is 0 Å². The molecule has 0 aliphatic rings. The molecule has 0 N–H and O–H groups in total. The van der Waals surface area contributed by atoms with Crippen LogP contribution in [0.3, 0.4) is 0 Å². The van der Waals surface area contributed by atoms with Gasteiger partial charge in [0, 0.05) is 6.42 Å². The Morgan fingerprint density at radius 1 is 1.45 bits per heavy atom. The van der Waals surface area contributed by atoms with Gasteiger partial charge in [-0.05, 0) is 18.2 Å². The van der Waals surface area contributed by atoms with Crippen molar-refractivity contribution >= 4 is 17.5 Å². The van der Waals surface area contributed by atoms with Crippen LogP contribution in [-0.2, 0) is 4.79 Å². The number of hydrogen-bond donors (Lipinski definition) is 0. The van der Waals surface area contributed by atoms with E-state index in [1.165, 1.54) is 0 Å². The molecule has 5 heteroatoms. The fraction of sp³-hybridized carbons (Fsp3) is 0.833. The molecule has 0 rings (SSSR count). The van der Waals surface area contributed by atoms with Gasteiger partial charge in [0.1, 0.15) is 5.78 Å². The lowest BCUT2D eigenvalue weighted by Gasteiger charge is -2.03. The van der Waals surface area contributed by atoms with E-state index in [4.69, 9.17) is 0 Å². The summed E-state index contributed by atoms with van der Waals surface area (Å²) in [4.78, 5) is 10.6. The van der Waals surface area contributed by atoms with Crippen molar-refractivity contribution in [2.75, 3.05) is 5.75 Å². The molecule has 0 unspecified atom stereocenters. The predicted octanol–water partition coefficient (Wildman–Crippen LogP) is 2.61. The van der Waals surface area contributed by atoms with E-state index < -0.39 is 11.3 Å². The first kappa shape index (κ1) is 10.8. The van der Waals surface area contributed by atoms with Crippen molar-refractivity contribution < 1.29 is 18.0 Å². The summed E-state index contributed by atoms with van der Waals surface area (Å²) < 4.78 is 34.4. The van der Waals surface area contributed by atoms with E-state index >= 15 is 0 Å². The summed E-state index contributed by atoms with van der Waals surface area (Å²) in [6, 6.07) is 0. The molecule has 0 fully saturated rings. The first-order chi connectivity index (χ1) is 4.95. The maximum absolute atomic E-state index is 11.5. The molecular formula is C6H9F3OS. The van der Waals surface area contributed by atoms with Gasteiger partial charge in [-0.25, -0.2) is 0 Å². The average molecular weight is 186 g/mol. The third-order valence-electron chi connectivity index (χ3n) is 0.926. The SMILES string of the molecule is CCCC(=O)CSC(F)(F)F. The van der Waals surface area contributed by atoms with Crippen LogP contribution in [0, 0.1) is 0 Å². The van der Waals surface area contributed by atoms with E-state index in [0.717, 1.165) is 0 Å². The van der Waals surface area contributed by atoms with Crippen LogP contribution in [-0.4, -0.2) is 17.0 Å². The topological polar surface area (TPSA) is 17.1 Å². The maximum atomic E-state index is 11.5. The number of halogens is 3. The lowest BCUT2D eigenvalue weighted by molar-refractivity contribution is -0.116. The van der Waals surface area contributed by atoms with E-state index in [1.54, 1.807) is 6.92 Å². The number of hydrogen-bond acceptors (Lipinski definition) is 2. The Hall–Kier alpha value is -0.190. The van der Waals surface area contributed by atoms with Crippen LogP contribution in [0.2, 0.25) is 0 Å². The number of carbonyl (C=O) groups is 1. The normalized spacial score (nSPS) is 11.6. The highest BCUT2D eigenvalue weighted by Gasteiger charge is 2.28. The predicted molar refractivity (Wildman–Crippen MR) is 38.4 cm³/mol. The van der Waals surface area contributed by atoms with Crippen LogP contribution in [0.15, 0.2) is 0 Å². The van der Waals surface area contributed by atoms with Crippen molar-refractivity contribution in [2.24, 2.45) is 0 Å². The van der Waals surface area contributed by atoms with Gasteiger partial charge in [-0.1, -0.05) is 6.92 Å². The Balaban J connectivity index is 3.46. The molecule has 0 aliphatic heterocycles. The number of ketones is 1. The zero-order valence-corrected chi connectivity index (χ0v) is 6.89. The smallest absolute Gasteiger partial charge is 0.299 e. The molecule has 0 aromatic rings. The summed E-state index contributed by atoms with van der Waals surface area (Å²) in [5.41, 5.74) is -4.27. The van der Waals surface area contributed by atoms with Crippen LogP contribution in [0.5, 0.6) is 0 Å². The monoisotopic (exact) mass is 186 g/mol. The van der Waals surface area contributed by atoms with Gasteiger partial charge in [0.15, 0.2) is 0 Å². The molecule has 0 saturated heterocycles. The molecule has 0 saturated carbocycles. The first-order valence-electron chi connectivity index (χ1n) is 3.18. The van der Waals surface area contributed by atoms with E-state index in [2.05, 4.69) is 0 Å². The second-order valence-electron chi connectivity index (χ2n) is 2.02. The summed E-state index contributed by atoms with van der Waals surface area (Å²) in [7, 11) is 0. The van der Waals surface area contributed by atoms with Gasteiger partial charge >= 0.3 is 5.51 Å². The highest BCUT2D eigenvalue weighted by atomic mass is 32.2. The first-order valence-corrected chi connectivity index (χ1v) is 4.16. The zero-order chi connectivity index (χ0) is 8.91. The summed E-state index contributed by atoms with van der Waals surface area (Å²) >= 11 is -0.268. The van der Waals surface area contributed by atoms with Crippen LogP contribution in [0.1, 0.15) is 19.8 Å². The lowest BCUT2D eigenvalue weighted by atomic mass is 10.3. The van der Waals surface area contributed by atoms with E-state index in [0.29, 0.717) is 6.42 Å². The lowest BCUT2D eigenvalue weighted by Crippen LogP contribution is -2.08. The molecule has 0 radical (unpaired) electrons. The fourth-order valence-corrected chi connectivity index (χ4v) is 0.982. The van der Waals surface area contributed by atoms with Crippen molar-refractivity contribution in [2.45, 2.75) is 25.3 Å². The third kappa shape index (κ3) is 7.71. The molecule has 0 amide bonds. The third-order valence-corrected chi connectivity index (χ3v) is 1.72. The van der Waals surface area contributed by atoms with Crippen LogP contribution < -0.4 is 0 Å². The van der Waals surface area contributed by atoms with E-state index in [-0.39, 0.29) is 24.0 Å². The van der Waals surface area contributed by atoms with Gasteiger partial charge < -0.3 is 0 Å². The average Bonchev–Trinajstić information content (AvgIpc) is 1.83. The molecule has 0 heterocycles. The Morgan fingerprint density at radius 3 is 2.36 bits per heavy atom. The highest BCUT2D eigenvalue weighted by Crippen LogP contribution is 2.30. The second kappa shape index (κ2) is 4.64. The van der Waals surface area contributed by atoms with Crippen LogP contribution in [0.4, 0.5) is 13.2 Å². The van der Waals surface area contributed by atoms with Crippen LogP contribution in [0.25, 0.3) is 0 Å². The van der Waals surface area contributed by atoms with Gasteiger partial charge in [-0.2, -0.15) is 13.2 Å². The molecule has 0 aliphatic carbocycles. The van der Waals surface area contributed by atoms with Gasteiger partial charge in [0.05, 0.1) is 5.75 Å². The Bertz CT molecular complexity index is 132. The van der Waals surface area contributed by atoms with E-state index in [9.17, 15) is 18.0 Å². The molecular weight excluding hydrogens is 177 g/mol. The maximum Gasteiger partial charge on any atom is 0.442 e. The molecule has 11 heavy (non-hydrogen) atoms. The molecule has 0 atom stereocenters. The minimum atomic E-state index is -4.27. The number of alkyl halides is 3. The molecule has 1 nitrogen and oxygen atoms in total. The van der Waals surface area contributed by atoms with E-state index in [1.807, 2.05) is 0 Å². The van der Waals surface area contributed by atoms with Crippen LogP contribution >= 0.6 is 11.8 Å². The number of thioether (sulfide) groups is 1. The minimum absolute atomic E-state index is 0.239. The Labute approximate surface area is 67.3 Å². The molecule has 0 spiro atoms. The molecule has 0 aromatic heterocycles. The Morgan fingerprint density at radius 2 is 2.00 bits per heavy atom. The van der Waals surface area contributed by atoms with Gasteiger partial charge in [0.25, 0.3) is 0 Å². The highest BCUT2D eigenvalue weighted by molar-refractivity contribution is 8.00. The van der Waals surface area contributed by atoms with Gasteiger partial charge in [0.2, 0.25) is 0 Å². The second-order valence-corrected chi connectivity index (χ2v) is 3.06. The fourth-order valence-electron chi connectivity index (χ4n) is 0.513. The minimum Gasteiger partial charge on any atom is -0.299 e. The summed E-state index contributed by atoms with van der Waals surface area (Å²) in [5, 5.41) is 0. The molecule has 0 bridgehead atoms. The number of Topliss-reactive ketones (excluding diaryl/α,β-unsaturated/α-hetero) is 1.